The molecule has 4 aromatic rings. The number of hydrogen-bond donors (Lipinski definition) is 0. The van der Waals surface area contributed by atoms with Gasteiger partial charge in [0.15, 0.2) is 23.0 Å². The van der Waals surface area contributed by atoms with E-state index in [-0.39, 0.29) is 13.6 Å². The quantitative estimate of drug-likeness (QED) is 0.485. The molecule has 0 radical (unpaired) electrons. The minimum Gasteiger partial charge on any atom is -0.496 e. The van der Waals surface area contributed by atoms with Crippen LogP contribution in [0.15, 0.2) is 36.5 Å². The second kappa shape index (κ2) is 4.82. The molecular formula is C20H13NO5. The van der Waals surface area contributed by atoms with Crippen LogP contribution in [-0.4, -0.2) is 25.7 Å². The van der Waals surface area contributed by atoms with Crippen LogP contribution >= 0.6 is 0 Å². The van der Waals surface area contributed by atoms with Gasteiger partial charge in [0.05, 0.1) is 12.6 Å². The maximum Gasteiger partial charge on any atom is 0.231 e. The summed E-state index contributed by atoms with van der Waals surface area (Å²) in [5, 5.41) is 4.86. The van der Waals surface area contributed by atoms with Gasteiger partial charge >= 0.3 is 0 Å². The Morgan fingerprint density at radius 2 is 1.50 bits per heavy atom. The predicted molar refractivity (Wildman–Crippen MR) is 95.6 cm³/mol. The summed E-state index contributed by atoms with van der Waals surface area (Å²) < 4.78 is 27.8. The Morgan fingerprint density at radius 1 is 0.769 bits per heavy atom. The fourth-order valence-corrected chi connectivity index (χ4v) is 3.76. The summed E-state index contributed by atoms with van der Waals surface area (Å²) in [5.74, 6) is 3.69. The van der Waals surface area contributed by atoms with Crippen LogP contribution < -0.4 is 23.7 Å². The number of nitrogens with zero attached hydrogens (tertiary/aromatic N) is 1. The lowest BCUT2D eigenvalue weighted by atomic mass is 9.99. The molecule has 2 aliphatic rings. The zero-order valence-corrected chi connectivity index (χ0v) is 13.9. The highest BCUT2D eigenvalue weighted by atomic mass is 16.7. The first-order chi connectivity index (χ1) is 12.8. The van der Waals surface area contributed by atoms with Crippen LogP contribution in [0.5, 0.6) is 28.7 Å². The Hall–Kier alpha value is -3.41. The van der Waals surface area contributed by atoms with Crippen molar-refractivity contribution in [2.75, 3.05) is 20.7 Å². The highest BCUT2D eigenvalue weighted by Gasteiger charge is 2.21. The van der Waals surface area contributed by atoms with Crippen LogP contribution in [0.2, 0.25) is 0 Å². The van der Waals surface area contributed by atoms with E-state index in [1.807, 2.05) is 36.5 Å². The van der Waals surface area contributed by atoms with E-state index in [9.17, 15) is 0 Å². The molecule has 0 atom stereocenters. The summed E-state index contributed by atoms with van der Waals surface area (Å²) in [6, 6.07) is 9.89. The molecule has 0 aliphatic carbocycles. The SMILES string of the molecule is COc1cc2c3ccc4c(c3cnc2c2cc3c(cc12)OCO3)OCO4. The van der Waals surface area contributed by atoms with Crippen molar-refractivity contribution in [3.05, 3.63) is 36.5 Å². The van der Waals surface area contributed by atoms with Gasteiger partial charge in [0.25, 0.3) is 0 Å². The molecule has 6 nitrogen and oxygen atoms in total. The number of aromatic nitrogens is 1. The van der Waals surface area contributed by atoms with Crippen molar-refractivity contribution in [1.82, 2.24) is 4.98 Å². The normalized spacial score (nSPS) is 14.5. The lowest BCUT2D eigenvalue weighted by molar-refractivity contribution is 0.174. The van der Waals surface area contributed by atoms with Crippen molar-refractivity contribution in [1.29, 1.82) is 0 Å². The Bertz CT molecular complexity index is 1230. The van der Waals surface area contributed by atoms with Gasteiger partial charge in [0.2, 0.25) is 13.6 Å². The average molecular weight is 347 g/mol. The van der Waals surface area contributed by atoms with E-state index in [1.165, 1.54) is 0 Å². The van der Waals surface area contributed by atoms with Gasteiger partial charge in [-0.1, -0.05) is 0 Å². The molecule has 26 heavy (non-hydrogen) atoms. The molecule has 128 valence electrons. The summed E-state index contributed by atoms with van der Waals surface area (Å²) in [5.41, 5.74) is 0.880. The summed E-state index contributed by atoms with van der Waals surface area (Å²) in [6.07, 6.45) is 1.83. The Balaban J connectivity index is 1.78. The average Bonchev–Trinajstić information content (AvgIpc) is 3.33. The maximum absolute atomic E-state index is 5.66. The molecule has 0 amide bonds. The second-order valence-electron chi connectivity index (χ2n) is 6.24. The van der Waals surface area contributed by atoms with Gasteiger partial charge in [-0.15, -0.1) is 0 Å². The van der Waals surface area contributed by atoms with Crippen molar-refractivity contribution < 1.29 is 23.7 Å². The first-order valence-corrected chi connectivity index (χ1v) is 8.25. The minimum atomic E-state index is 0.228. The summed E-state index contributed by atoms with van der Waals surface area (Å²) in [4.78, 5) is 4.73. The van der Waals surface area contributed by atoms with Crippen molar-refractivity contribution in [3.8, 4) is 28.7 Å². The topological polar surface area (TPSA) is 59.0 Å². The third kappa shape index (κ3) is 1.68. The molecule has 0 saturated carbocycles. The molecule has 0 unspecified atom stereocenters. The van der Waals surface area contributed by atoms with Crippen LogP contribution in [0.1, 0.15) is 0 Å². The molecule has 0 spiro atoms. The molecular weight excluding hydrogens is 334 g/mol. The van der Waals surface area contributed by atoms with E-state index in [4.69, 9.17) is 28.7 Å². The molecule has 3 aromatic carbocycles. The zero-order chi connectivity index (χ0) is 17.3. The van der Waals surface area contributed by atoms with E-state index in [2.05, 4.69) is 0 Å². The van der Waals surface area contributed by atoms with Gasteiger partial charge in [-0.3, -0.25) is 4.98 Å². The highest BCUT2D eigenvalue weighted by molar-refractivity contribution is 6.18. The van der Waals surface area contributed by atoms with Crippen LogP contribution in [-0.2, 0) is 0 Å². The van der Waals surface area contributed by atoms with Gasteiger partial charge in [0.1, 0.15) is 5.75 Å². The number of pyridine rings is 1. The summed E-state index contributed by atoms with van der Waals surface area (Å²) in [7, 11) is 1.67. The molecule has 0 N–H and O–H groups in total. The van der Waals surface area contributed by atoms with Gasteiger partial charge in [-0.2, -0.15) is 0 Å². The monoisotopic (exact) mass is 347 g/mol. The lowest BCUT2D eigenvalue weighted by Crippen LogP contribution is -1.93. The minimum absolute atomic E-state index is 0.228. The number of methoxy groups -OCH3 is 1. The highest BCUT2D eigenvalue weighted by Crippen LogP contribution is 2.45. The first-order valence-electron chi connectivity index (χ1n) is 8.25. The Kier molecular flexibility index (Phi) is 2.56. The largest absolute Gasteiger partial charge is 0.496 e. The third-order valence-corrected chi connectivity index (χ3v) is 4.97. The number of ether oxygens (including phenoxy) is 5. The molecule has 6 rings (SSSR count). The number of benzene rings is 3. The molecule has 0 saturated heterocycles. The fraction of sp³-hybridized carbons (Fsp3) is 0.150. The summed E-state index contributed by atoms with van der Waals surface area (Å²) >= 11 is 0. The third-order valence-electron chi connectivity index (χ3n) is 4.97. The fourth-order valence-electron chi connectivity index (χ4n) is 3.76. The van der Waals surface area contributed by atoms with E-state index in [0.29, 0.717) is 0 Å². The van der Waals surface area contributed by atoms with E-state index in [0.717, 1.165) is 61.2 Å². The Labute approximate surface area is 147 Å². The van der Waals surface area contributed by atoms with E-state index >= 15 is 0 Å². The smallest absolute Gasteiger partial charge is 0.231 e. The van der Waals surface area contributed by atoms with Crippen LogP contribution in [0.3, 0.4) is 0 Å². The van der Waals surface area contributed by atoms with E-state index < -0.39 is 0 Å². The zero-order valence-electron chi connectivity index (χ0n) is 13.9. The molecule has 2 aliphatic heterocycles. The van der Waals surface area contributed by atoms with E-state index in [1.54, 1.807) is 7.11 Å². The van der Waals surface area contributed by atoms with Crippen LogP contribution in [0.25, 0.3) is 32.4 Å². The second-order valence-corrected chi connectivity index (χ2v) is 6.24. The molecule has 6 heteroatoms. The van der Waals surface area contributed by atoms with Crippen molar-refractivity contribution in [2.24, 2.45) is 0 Å². The first kappa shape index (κ1) is 13.8. The van der Waals surface area contributed by atoms with Gasteiger partial charge in [-0.25, -0.2) is 0 Å². The van der Waals surface area contributed by atoms with Crippen LogP contribution in [0, 0.1) is 0 Å². The number of fused-ring (bicyclic) bond motifs is 8. The Morgan fingerprint density at radius 3 is 2.35 bits per heavy atom. The standard InChI is InChI=1S/C20H13NO5/c1-22-16-5-12-10-2-3-15-20(26-9-23-15)14(10)7-21-19(12)13-6-18-17(4-11(13)16)24-8-25-18/h2-7H,8-9H2,1H3. The molecule has 0 bridgehead atoms. The number of hydrogen-bond acceptors (Lipinski definition) is 6. The van der Waals surface area contributed by atoms with Gasteiger partial charge in [0, 0.05) is 27.7 Å². The van der Waals surface area contributed by atoms with Gasteiger partial charge in [-0.05, 0) is 35.7 Å². The lowest BCUT2D eigenvalue weighted by Gasteiger charge is -2.12. The molecule has 0 fully saturated rings. The van der Waals surface area contributed by atoms with Crippen molar-refractivity contribution >= 4 is 32.4 Å². The number of rotatable bonds is 1. The summed E-state index contributed by atoms with van der Waals surface area (Å²) in [6.45, 7) is 0.461. The maximum atomic E-state index is 5.66. The molecule has 1 aromatic heterocycles. The van der Waals surface area contributed by atoms with Crippen LogP contribution in [0.4, 0.5) is 0 Å². The van der Waals surface area contributed by atoms with Crippen molar-refractivity contribution in [3.63, 3.8) is 0 Å². The molecule has 3 heterocycles. The predicted octanol–water partition coefficient (Wildman–Crippen LogP) is 4.01. The van der Waals surface area contributed by atoms with Gasteiger partial charge < -0.3 is 23.7 Å². The van der Waals surface area contributed by atoms with Crippen molar-refractivity contribution in [2.45, 2.75) is 0 Å².